The van der Waals surface area contributed by atoms with Crippen molar-refractivity contribution in [3.63, 3.8) is 0 Å². The van der Waals surface area contributed by atoms with Crippen LogP contribution in [-0.4, -0.2) is 30.6 Å². The molecule has 110 valence electrons. The molecule has 6 heteroatoms. The van der Waals surface area contributed by atoms with E-state index in [0.717, 1.165) is 25.2 Å². The van der Waals surface area contributed by atoms with Crippen LogP contribution in [0.4, 0.5) is 0 Å². The second-order valence-electron chi connectivity index (χ2n) is 5.67. The lowest BCUT2D eigenvalue weighted by Gasteiger charge is -2.08. The molecule has 0 spiro atoms. The van der Waals surface area contributed by atoms with E-state index in [1.807, 2.05) is 21.8 Å². The predicted octanol–water partition coefficient (Wildman–Crippen LogP) is 1.46. The summed E-state index contributed by atoms with van der Waals surface area (Å²) in [6.07, 6.45) is 7.39. The summed E-state index contributed by atoms with van der Waals surface area (Å²) in [5, 5.41) is 8.64. The first-order valence-corrected chi connectivity index (χ1v) is 7.22. The number of rotatable bonds is 7. The van der Waals surface area contributed by atoms with Gasteiger partial charge in [-0.3, -0.25) is 4.68 Å². The van der Waals surface area contributed by atoms with Gasteiger partial charge < -0.3 is 5.73 Å². The van der Waals surface area contributed by atoms with Gasteiger partial charge in [0.2, 0.25) is 0 Å². The van der Waals surface area contributed by atoms with E-state index >= 15 is 0 Å². The Morgan fingerprint density at radius 1 is 1.30 bits per heavy atom. The van der Waals surface area contributed by atoms with E-state index in [1.165, 1.54) is 5.56 Å². The van der Waals surface area contributed by atoms with Gasteiger partial charge in [0.15, 0.2) is 0 Å². The summed E-state index contributed by atoms with van der Waals surface area (Å²) >= 11 is 0. The predicted molar refractivity (Wildman–Crippen MR) is 78.2 cm³/mol. The molecule has 2 N–H and O–H groups in total. The van der Waals surface area contributed by atoms with Gasteiger partial charge in [-0.15, -0.1) is 0 Å². The SMILES string of the molecule is CCC(N)Cc1cnn(Cc2ncnn2CC(C)C)c1. The monoisotopic (exact) mass is 276 g/mol. The van der Waals surface area contributed by atoms with Crippen molar-refractivity contribution >= 4 is 0 Å². The molecule has 0 saturated carbocycles. The first-order valence-electron chi connectivity index (χ1n) is 7.22. The zero-order valence-electron chi connectivity index (χ0n) is 12.5. The Kier molecular flexibility index (Phi) is 4.89. The van der Waals surface area contributed by atoms with E-state index in [1.54, 1.807) is 6.33 Å². The molecule has 1 atom stereocenters. The van der Waals surface area contributed by atoms with Crippen molar-refractivity contribution in [2.24, 2.45) is 11.7 Å². The number of nitrogens with zero attached hydrogens (tertiary/aromatic N) is 5. The largest absolute Gasteiger partial charge is 0.327 e. The number of nitrogens with two attached hydrogens (primary N) is 1. The molecule has 6 nitrogen and oxygen atoms in total. The minimum atomic E-state index is 0.206. The second-order valence-corrected chi connectivity index (χ2v) is 5.67. The Bertz CT molecular complexity index is 527. The van der Waals surface area contributed by atoms with Crippen LogP contribution < -0.4 is 5.73 Å². The van der Waals surface area contributed by atoms with Gasteiger partial charge in [0.1, 0.15) is 18.7 Å². The fourth-order valence-electron chi connectivity index (χ4n) is 2.10. The summed E-state index contributed by atoms with van der Waals surface area (Å²) in [7, 11) is 0. The minimum Gasteiger partial charge on any atom is -0.327 e. The topological polar surface area (TPSA) is 74.6 Å². The molecular formula is C14H24N6. The van der Waals surface area contributed by atoms with Crippen molar-refractivity contribution in [3.05, 3.63) is 30.1 Å². The van der Waals surface area contributed by atoms with Crippen molar-refractivity contribution in [1.29, 1.82) is 0 Å². The fourth-order valence-corrected chi connectivity index (χ4v) is 2.10. The van der Waals surface area contributed by atoms with Crippen molar-refractivity contribution in [2.45, 2.75) is 52.7 Å². The first kappa shape index (κ1) is 14.7. The van der Waals surface area contributed by atoms with Crippen LogP contribution in [0.3, 0.4) is 0 Å². The zero-order valence-corrected chi connectivity index (χ0v) is 12.5. The molecular weight excluding hydrogens is 252 g/mol. The number of aromatic nitrogens is 5. The molecule has 0 radical (unpaired) electrons. The molecule has 2 heterocycles. The average molecular weight is 276 g/mol. The Morgan fingerprint density at radius 3 is 2.80 bits per heavy atom. The van der Waals surface area contributed by atoms with Crippen molar-refractivity contribution in [3.8, 4) is 0 Å². The number of hydrogen-bond acceptors (Lipinski definition) is 4. The Labute approximate surface area is 120 Å². The van der Waals surface area contributed by atoms with Gasteiger partial charge in [0, 0.05) is 18.8 Å². The molecule has 0 aliphatic rings. The summed E-state index contributed by atoms with van der Waals surface area (Å²) < 4.78 is 3.85. The molecule has 20 heavy (non-hydrogen) atoms. The maximum atomic E-state index is 5.97. The summed E-state index contributed by atoms with van der Waals surface area (Å²) in [4.78, 5) is 4.32. The lowest BCUT2D eigenvalue weighted by molar-refractivity contribution is 0.456. The maximum Gasteiger partial charge on any atom is 0.148 e. The molecule has 2 rings (SSSR count). The molecule has 0 amide bonds. The van der Waals surface area contributed by atoms with E-state index < -0.39 is 0 Å². The molecule has 0 aromatic carbocycles. The van der Waals surface area contributed by atoms with Crippen LogP contribution in [-0.2, 0) is 19.5 Å². The first-order chi connectivity index (χ1) is 9.58. The van der Waals surface area contributed by atoms with Crippen LogP contribution in [0.5, 0.6) is 0 Å². The minimum absolute atomic E-state index is 0.206. The highest BCUT2D eigenvalue weighted by molar-refractivity contribution is 5.06. The molecule has 2 aromatic rings. The Morgan fingerprint density at radius 2 is 2.10 bits per heavy atom. The smallest absolute Gasteiger partial charge is 0.148 e. The van der Waals surface area contributed by atoms with Gasteiger partial charge in [0.25, 0.3) is 0 Å². The summed E-state index contributed by atoms with van der Waals surface area (Å²) in [6.45, 7) is 7.97. The second kappa shape index (κ2) is 6.65. The van der Waals surface area contributed by atoms with E-state index in [9.17, 15) is 0 Å². The van der Waals surface area contributed by atoms with Gasteiger partial charge in [-0.25, -0.2) is 9.67 Å². The van der Waals surface area contributed by atoms with Gasteiger partial charge in [-0.2, -0.15) is 10.2 Å². The van der Waals surface area contributed by atoms with Crippen molar-refractivity contribution in [2.75, 3.05) is 0 Å². The molecule has 0 aliphatic carbocycles. The lowest BCUT2D eigenvalue weighted by atomic mass is 10.1. The molecule has 1 unspecified atom stereocenters. The summed E-state index contributed by atoms with van der Waals surface area (Å²) in [5.41, 5.74) is 7.14. The summed E-state index contributed by atoms with van der Waals surface area (Å²) in [6, 6.07) is 0.206. The molecule has 0 aliphatic heterocycles. The Hall–Kier alpha value is -1.69. The highest BCUT2D eigenvalue weighted by atomic mass is 15.4. The molecule has 2 aromatic heterocycles. The fraction of sp³-hybridized carbons (Fsp3) is 0.643. The maximum absolute atomic E-state index is 5.97. The van der Waals surface area contributed by atoms with Crippen LogP contribution in [0.1, 0.15) is 38.6 Å². The van der Waals surface area contributed by atoms with E-state index in [4.69, 9.17) is 5.73 Å². The van der Waals surface area contributed by atoms with E-state index in [-0.39, 0.29) is 6.04 Å². The standard InChI is InChI=1S/C14H24N6/c1-4-13(15)5-12-6-17-19(8-12)9-14-16-10-18-20(14)7-11(2)3/h6,8,10-11,13H,4-5,7,9,15H2,1-3H3. The van der Waals surface area contributed by atoms with Crippen LogP contribution in [0.15, 0.2) is 18.7 Å². The van der Waals surface area contributed by atoms with Gasteiger partial charge in [-0.05, 0) is 24.3 Å². The normalized spacial score (nSPS) is 13.1. The van der Waals surface area contributed by atoms with Gasteiger partial charge >= 0.3 is 0 Å². The third-order valence-electron chi connectivity index (χ3n) is 3.25. The summed E-state index contributed by atoms with van der Waals surface area (Å²) in [5.74, 6) is 1.49. The number of hydrogen-bond donors (Lipinski definition) is 1. The van der Waals surface area contributed by atoms with Gasteiger partial charge in [-0.1, -0.05) is 20.8 Å². The molecule has 0 bridgehead atoms. The molecule has 0 saturated heterocycles. The van der Waals surface area contributed by atoms with Crippen LogP contribution in [0.25, 0.3) is 0 Å². The molecule has 0 fully saturated rings. The highest BCUT2D eigenvalue weighted by Crippen LogP contribution is 2.06. The quantitative estimate of drug-likeness (QED) is 0.830. The van der Waals surface area contributed by atoms with E-state index in [2.05, 4.69) is 36.0 Å². The van der Waals surface area contributed by atoms with Crippen LogP contribution in [0, 0.1) is 5.92 Å². The van der Waals surface area contributed by atoms with Crippen molar-refractivity contribution < 1.29 is 0 Å². The lowest BCUT2D eigenvalue weighted by Crippen LogP contribution is -2.21. The van der Waals surface area contributed by atoms with Crippen LogP contribution >= 0.6 is 0 Å². The van der Waals surface area contributed by atoms with Crippen LogP contribution in [0.2, 0.25) is 0 Å². The zero-order chi connectivity index (χ0) is 14.5. The highest BCUT2D eigenvalue weighted by Gasteiger charge is 2.09. The van der Waals surface area contributed by atoms with E-state index in [0.29, 0.717) is 12.5 Å². The average Bonchev–Trinajstić information content (AvgIpc) is 3.00. The third kappa shape index (κ3) is 3.90. The Balaban J connectivity index is 2.01. The van der Waals surface area contributed by atoms with Gasteiger partial charge in [0.05, 0.1) is 6.20 Å². The third-order valence-corrected chi connectivity index (χ3v) is 3.25. The van der Waals surface area contributed by atoms with Crippen molar-refractivity contribution in [1.82, 2.24) is 24.5 Å².